The van der Waals surface area contributed by atoms with E-state index in [4.69, 9.17) is 20.8 Å². The highest BCUT2D eigenvalue weighted by molar-refractivity contribution is 8.00. The summed E-state index contributed by atoms with van der Waals surface area (Å²) in [4.78, 5) is 18.2. The molecule has 3 fully saturated rings. The molecule has 0 N–H and O–H groups in total. The Morgan fingerprint density at radius 3 is 2.93 bits per heavy atom. The zero-order chi connectivity index (χ0) is 18.7. The van der Waals surface area contributed by atoms with E-state index in [1.165, 1.54) is 24.3 Å². The van der Waals surface area contributed by atoms with Crippen LogP contribution in [0.3, 0.4) is 0 Å². The van der Waals surface area contributed by atoms with Crippen molar-refractivity contribution >= 4 is 51.4 Å². The van der Waals surface area contributed by atoms with E-state index < -0.39 is 0 Å². The summed E-state index contributed by atoms with van der Waals surface area (Å²) in [5.74, 6) is 1.98. The van der Waals surface area contributed by atoms with Gasteiger partial charge in [-0.2, -0.15) is 16.7 Å². The van der Waals surface area contributed by atoms with Crippen LogP contribution >= 0.6 is 23.4 Å². The Hall–Kier alpha value is -1.61. The summed E-state index contributed by atoms with van der Waals surface area (Å²) in [7, 11) is 0. The number of fused-ring (bicyclic) bond motifs is 5. The molecular weight excluding hydrogens is 398 g/mol. The minimum Gasteiger partial charge on any atom is -0.432 e. The van der Waals surface area contributed by atoms with Crippen molar-refractivity contribution in [3.05, 3.63) is 23.1 Å². The Kier molecular flexibility index (Phi) is 4.15. The molecule has 3 saturated heterocycles. The molecule has 6 rings (SSSR count). The molecule has 3 aliphatic heterocycles. The number of pyridine rings is 1. The maximum atomic E-state index is 6.27. The molecule has 2 bridgehead atoms. The SMILES string of the molecule is Clc1nc(N2CCOCC2)c2oc3ncc(CN4CC5CC4CS5)cc3c2n1. The summed E-state index contributed by atoms with van der Waals surface area (Å²) in [6.07, 6.45) is 3.24. The van der Waals surface area contributed by atoms with Crippen LogP contribution < -0.4 is 4.90 Å². The van der Waals surface area contributed by atoms with E-state index in [0.29, 0.717) is 30.6 Å². The van der Waals surface area contributed by atoms with Gasteiger partial charge < -0.3 is 14.1 Å². The van der Waals surface area contributed by atoms with Gasteiger partial charge in [-0.1, -0.05) is 0 Å². The molecule has 0 spiro atoms. The van der Waals surface area contributed by atoms with Gasteiger partial charge in [0.2, 0.25) is 11.0 Å². The van der Waals surface area contributed by atoms with Crippen LogP contribution in [-0.2, 0) is 11.3 Å². The van der Waals surface area contributed by atoms with Gasteiger partial charge in [0.15, 0.2) is 11.4 Å². The highest BCUT2D eigenvalue weighted by Gasteiger charge is 2.38. The van der Waals surface area contributed by atoms with Crippen molar-refractivity contribution < 1.29 is 9.15 Å². The van der Waals surface area contributed by atoms with Gasteiger partial charge in [-0.15, -0.1) is 0 Å². The van der Waals surface area contributed by atoms with Crippen LogP contribution in [0.15, 0.2) is 16.7 Å². The normalized spacial score (nSPS) is 25.4. The van der Waals surface area contributed by atoms with Crippen LogP contribution in [-0.4, -0.2) is 69.7 Å². The van der Waals surface area contributed by atoms with Crippen molar-refractivity contribution in [3.8, 4) is 0 Å². The zero-order valence-electron chi connectivity index (χ0n) is 15.3. The molecule has 6 heterocycles. The predicted molar refractivity (Wildman–Crippen MR) is 110 cm³/mol. The second-order valence-corrected chi connectivity index (χ2v) is 9.34. The first-order valence-electron chi connectivity index (χ1n) is 9.67. The standard InChI is InChI=1S/C19H20ClN5O2S/c20-19-22-15-14-5-11(8-25-9-13-6-12(25)10-28-13)7-21-18(14)27-16(15)17(23-19)24-1-3-26-4-2-24/h5,7,12-13H,1-4,6,8-10H2. The van der Waals surface area contributed by atoms with Gasteiger partial charge in [-0.05, 0) is 29.7 Å². The van der Waals surface area contributed by atoms with Crippen LogP contribution in [0.4, 0.5) is 5.82 Å². The van der Waals surface area contributed by atoms with E-state index in [1.807, 2.05) is 6.20 Å². The average molecular weight is 418 g/mol. The summed E-state index contributed by atoms with van der Waals surface area (Å²) >= 11 is 8.38. The lowest BCUT2D eigenvalue weighted by molar-refractivity contribution is 0.122. The fraction of sp³-hybridized carbons (Fsp3) is 0.526. The van der Waals surface area contributed by atoms with Crippen molar-refractivity contribution in [2.45, 2.75) is 24.3 Å². The molecule has 146 valence electrons. The van der Waals surface area contributed by atoms with E-state index in [-0.39, 0.29) is 5.28 Å². The van der Waals surface area contributed by atoms with Crippen molar-refractivity contribution in [2.24, 2.45) is 0 Å². The van der Waals surface area contributed by atoms with E-state index in [9.17, 15) is 0 Å². The summed E-state index contributed by atoms with van der Waals surface area (Å²) in [5, 5.41) is 1.94. The van der Waals surface area contributed by atoms with Gasteiger partial charge >= 0.3 is 0 Å². The maximum absolute atomic E-state index is 6.27. The van der Waals surface area contributed by atoms with Crippen molar-refractivity contribution in [1.82, 2.24) is 19.9 Å². The number of aromatic nitrogens is 3. The first-order valence-corrected chi connectivity index (χ1v) is 11.1. The van der Waals surface area contributed by atoms with Crippen molar-refractivity contribution in [2.75, 3.05) is 43.5 Å². The van der Waals surface area contributed by atoms with Gasteiger partial charge in [0, 0.05) is 49.4 Å². The minimum atomic E-state index is 0.232. The Bertz CT molecular complexity index is 1050. The fourth-order valence-electron chi connectivity index (χ4n) is 4.51. The van der Waals surface area contributed by atoms with Gasteiger partial charge in [0.25, 0.3) is 0 Å². The molecule has 0 aromatic carbocycles. The van der Waals surface area contributed by atoms with Gasteiger partial charge in [0.05, 0.1) is 18.6 Å². The smallest absolute Gasteiger partial charge is 0.229 e. The molecule has 0 saturated carbocycles. The molecule has 2 atom stereocenters. The number of anilines is 1. The first-order chi connectivity index (χ1) is 13.7. The monoisotopic (exact) mass is 417 g/mol. The number of ether oxygens (including phenoxy) is 1. The number of hydrogen-bond donors (Lipinski definition) is 0. The quantitative estimate of drug-likeness (QED) is 0.602. The Morgan fingerprint density at radius 1 is 1.25 bits per heavy atom. The van der Waals surface area contributed by atoms with Crippen molar-refractivity contribution in [1.29, 1.82) is 0 Å². The number of thioether (sulfide) groups is 1. The number of rotatable bonds is 3. The second-order valence-electron chi connectivity index (χ2n) is 7.67. The lowest BCUT2D eigenvalue weighted by Gasteiger charge is -2.27. The summed E-state index contributed by atoms with van der Waals surface area (Å²) < 4.78 is 11.5. The number of nitrogens with zero attached hydrogens (tertiary/aromatic N) is 5. The minimum absolute atomic E-state index is 0.232. The summed E-state index contributed by atoms with van der Waals surface area (Å²) in [5.41, 5.74) is 3.17. The molecule has 0 aliphatic carbocycles. The number of halogens is 1. The molecule has 0 amide bonds. The van der Waals surface area contributed by atoms with Crippen molar-refractivity contribution in [3.63, 3.8) is 0 Å². The van der Waals surface area contributed by atoms with E-state index in [2.05, 4.69) is 42.6 Å². The average Bonchev–Trinajstić information content (AvgIpc) is 3.42. The first kappa shape index (κ1) is 17.3. The summed E-state index contributed by atoms with van der Waals surface area (Å²) in [6, 6.07) is 2.86. The number of furan rings is 1. The van der Waals surface area contributed by atoms with E-state index >= 15 is 0 Å². The molecule has 7 nitrogen and oxygen atoms in total. The van der Waals surface area contributed by atoms with E-state index in [1.54, 1.807) is 0 Å². The molecule has 28 heavy (non-hydrogen) atoms. The molecule has 0 radical (unpaired) electrons. The maximum Gasteiger partial charge on any atom is 0.229 e. The third-order valence-corrected chi connectivity index (χ3v) is 7.45. The third kappa shape index (κ3) is 2.85. The third-order valence-electron chi connectivity index (χ3n) is 5.89. The molecule has 3 aromatic heterocycles. The van der Waals surface area contributed by atoms with E-state index in [0.717, 1.165) is 41.6 Å². The zero-order valence-corrected chi connectivity index (χ0v) is 16.9. The van der Waals surface area contributed by atoms with Gasteiger partial charge in [-0.25, -0.2) is 9.97 Å². The topological polar surface area (TPSA) is 67.5 Å². The molecular formula is C19H20ClN5O2S. The fourth-order valence-corrected chi connectivity index (χ4v) is 6.18. The van der Waals surface area contributed by atoms with Crippen LogP contribution in [0.2, 0.25) is 5.28 Å². The van der Waals surface area contributed by atoms with Gasteiger partial charge in [0.1, 0.15) is 5.52 Å². The lowest BCUT2D eigenvalue weighted by atomic mass is 10.2. The largest absolute Gasteiger partial charge is 0.432 e. The second kappa shape index (κ2) is 6.73. The van der Waals surface area contributed by atoms with Gasteiger partial charge in [-0.3, -0.25) is 4.90 Å². The lowest BCUT2D eigenvalue weighted by Crippen LogP contribution is -2.36. The van der Waals surface area contributed by atoms with Crippen LogP contribution in [0.5, 0.6) is 0 Å². The number of morpholine rings is 1. The Morgan fingerprint density at radius 2 is 2.14 bits per heavy atom. The predicted octanol–water partition coefficient (Wildman–Crippen LogP) is 2.95. The number of likely N-dealkylation sites (tertiary alicyclic amines) is 1. The summed E-state index contributed by atoms with van der Waals surface area (Å²) in [6.45, 7) is 4.95. The molecule has 9 heteroatoms. The molecule has 3 aromatic rings. The Balaban J connectivity index is 1.40. The Labute approximate surface area is 171 Å². The van der Waals surface area contributed by atoms with Crippen LogP contribution in [0.1, 0.15) is 12.0 Å². The van der Waals surface area contributed by atoms with Crippen LogP contribution in [0.25, 0.3) is 22.2 Å². The molecule has 2 unspecified atom stereocenters. The van der Waals surface area contributed by atoms with Crippen LogP contribution in [0, 0.1) is 0 Å². The highest BCUT2D eigenvalue weighted by atomic mass is 35.5. The number of hydrogen-bond acceptors (Lipinski definition) is 8. The highest BCUT2D eigenvalue weighted by Crippen LogP contribution is 2.39. The molecule has 3 aliphatic rings.